The summed E-state index contributed by atoms with van der Waals surface area (Å²) in [6.45, 7) is 4.42. The predicted octanol–water partition coefficient (Wildman–Crippen LogP) is 1.03. The van der Waals surface area contributed by atoms with Crippen LogP contribution >= 0.6 is 0 Å². The van der Waals surface area contributed by atoms with Crippen LogP contribution in [0.5, 0.6) is 0 Å². The van der Waals surface area contributed by atoms with Crippen molar-refractivity contribution in [2.45, 2.75) is 25.2 Å². The maximum Gasteiger partial charge on any atom is 0.251 e. The van der Waals surface area contributed by atoms with Gasteiger partial charge in [-0.3, -0.25) is 4.79 Å². The molecule has 1 aliphatic rings. The minimum Gasteiger partial charge on any atom is -0.352 e. The van der Waals surface area contributed by atoms with E-state index in [0.717, 1.165) is 6.42 Å². The van der Waals surface area contributed by atoms with Gasteiger partial charge in [-0.2, -0.15) is 0 Å². The number of aryl methyl sites for hydroxylation is 1. The first-order chi connectivity index (χ1) is 8.79. The number of carbonyl (C=O) groups is 1. The Morgan fingerprint density at radius 2 is 2.11 bits per heavy atom. The number of amides is 1. The summed E-state index contributed by atoms with van der Waals surface area (Å²) in [5.74, 6) is 0.953. The van der Waals surface area contributed by atoms with Gasteiger partial charge in [-0.25, -0.2) is 13.6 Å². The van der Waals surface area contributed by atoms with Gasteiger partial charge in [0.2, 0.25) is 10.0 Å². The SMILES string of the molecule is Cc1ccc(C(=O)NCC2CC2C)cc1S(N)(=O)=O. The fraction of sp³-hybridized carbons (Fsp3) is 0.462. The van der Waals surface area contributed by atoms with Crippen molar-refractivity contribution in [3.8, 4) is 0 Å². The molecule has 0 heterocycles. The summed E-state index contributed by atoms with van der Waals surface area (Å²) in [7, 11) is -3.80. The number of carbonyl (C=O) groups excluding carboxylic acids is 1. The highest BCUT2D eigenvalue weighted by Gasteiger charge is 2.32. The topological polar surface area (TPSA) is 89.3 Å². The Kier molecular flexibility index (Phi) is 3.64. The Hall–Kier alpha value is -1.40. The van der Waals surface area contributed by atoms with Crippen LogP contribution < -0.4 is 10.5 Å². The van der Waals surface area contributed by atoms with Crippen LogP contribution in [0.4, 0.5) is 0 Å². The molecule has 1 saturated carbocycles. The fourth-order valence-corrected chi connectivity index (χ4v) is 2.87. The lowest BCUT2D eigenvalue weighted by Crippen LogP contribution is -2.26. The van der Waals surface area contributed by atoms with Gasteiger partial charge in [0.25, 0.3) is 5.91 Å². The van der Waals surface area contributed by atoms with E-state index in [-0.39, 0.29) is 10.8 Å². The average Bonchev–Trinajstić information content (AvgIpc) is 3.01. The highest BCUT2D eigenvalue weighted by Crippen LogP contribution is 2.36. The molecule has 1 aliphatic carbocycles. The Morgan fingerprint density at radius 3 is 2.63 bits per heavy atom. The van der Waals surface area contributed by atoms with Crippen molar-refractivity contribution in [3.63, 3.8) is 0 Å². The van der Waals surface area contributed by atoms with E-state index < -0.39 is 10.0 Å². The molecule has 6 heteroatoms. The molecule has 2 rings (SSSR count). The van der Waals surface area contributed by atoms with Crippen molar-refractivity contribution < 1.29 is 13.2 Å². The summed E-state index contributed by atoms with van der Waals surface area (Å²) >= 11 is 0. The summed E-state index contributed by atoms with van der Waals surface area (Å²) in [5.41, 5.74) is 0.859. The summed E-state index contributed by atoms with van der Waals surface area (Å²) in [5, 5.41) is 7.93. The molecule has 1 amide bonds. The summed E-state index contributed by atoms with van der Waals surface area (Å²) in [6, 6.07) is 4.53. The first-order valence-corrected chi connectivity index (χ1v) is 7.75. The van der Waals surface area contributed by atoms with E-state index in [1.54, 1.807) is 19.1 Å². The highest BCUT2D eigenvalue weighted by molar-refractivity contribution is 7.89. The highest BCUT2D eigenvalue weighted by atomic mass is 32.2. The third-order valence-electron chi connectivity index (χ3n) is 3.56. The predicted molar refractivity (Wildman–Crippen MR) is 72.2 cm³/mol. The molecule has 104 valence electrons. The van der Waals surface area contributed by atoms with Gasteiger partial charge in [0.1, 0.15) is 0 Å². The van der Waals surface area contributed by atoms with Gasteiger partial charge < -0.3 is 5.32 Å². The number of nitrogens with two attached hydrogens (primary N) is 1. The standard InChI is InChI=1S/C13H18N2O3S/c1-8-3-4-10(6-12(8)19(14,17)18)13(16)15-7-11-5-9(11)2/h3-4,6,9,11H,5,7H2,1-2H3,(H,15,16)(H2,14,17,18). The zero-order chi connectivity index (χ0) is 14.2. The van der Waals surface area contributed by atoms with Gasteiger partial charge in [0, 0.05) is 12.1 Å². The van der Waals surface area contributed by atoms with Crippen LogP contribution in [0.15, 0.2) is 23.1 Å². The number of benzene rings is 1. The third-order valence-corrected chi connectivity index (χ3v) is 4.61. The second-order valence-electron chi connectivity index (χ2n) is 5.21. The van der Waals surface area contributed by atoms with Crippen LogP contribution in [-0.2, 0) is 10.0 Å². The molecule has 5 nitrogen and oxygen atoms in total. The zero-order valence-electron chi connectivity index (χ0n) is 11.0. The second kappa shape index (κ2) is 4.94. The first kappa shape index (κ1) is 14.0. The largest absolute Gasteiger partial charge is 0.352 e. The van der Waals surface area contributed by atoms with E-state index >= 15 is 0 Å². The lowest BCUT2D eigenvalue weighted by atomic mass is 10.1. The average molecular weight is 282 g/mol. The minimum absolute atomic E-state index is 0.0000556. The van der Waals surface area contributed by atoms with Crippen LogP contribution in [0.1, 0.15) is 29.3 Å². The smallest absolute Gasteiger partial charge is 0.251 e. The van der Waals surface area contributed by atoms with E-state index in [9.17, 15) is 13.2 Å². The van der Waals surface area contributed by atoms with Crippen molar-refractivity contribution in [1.29, 1.82) is 0 Å². The Balaban J connectivity index is 2.14. The summed E-state index contributed by atoms with van der Waals surface area (Å²) in [6.07, 6.45) is 1.14. The number of rotatable bonds is 4. The van der Waals surface area contributed by atoms with Gasteiger partial charge in [0.15, 0.2) is 0 Å². The normalized spacial score (nSPS) is 22.1. The number of hydrogen-bond donors (Lipinski definition) is 2. The molecular weight excluding hydrogens is 264 g/mol. The summed E-state index contributed by atoms with van der Waals surface area (Å²) < 4.78 is 22.8. The molecule has 2 unspecified atom stereocenters. The molecule has 0 aliphatic heterocycles. The number of sulfonamides is 1. The Morgan fingerprint density at radius 1 is 1.47 bits per heavy atom. The van der Waals surface area contributed by atoms with Gasteiger partial charge in [0.05, 0.1) is 4.90 Å². The van der Waals surface area contributed by atoms with Gasteiger partial charge >= 0.3 is 0 Å². The number of primary sulfonamides is 1. The van der Waals surface area contributed by atoms with Crippen LogP contribution in [0, 0.1) is 18.8 Å². The molecule has 1 aromatic carbocycles. The zero-order valence-corrected chi connectivity index (χ0v) is 11.8. The maximum atomic E-state index is 11.9. The molecule has 0 saturated heterocycles. The van der Waals surface area contributed by atoms with Crippen molar-refractivity contribution >= 4 is 15.9 Å². The van der Waals surface area contributed by atoms with Crippen molar-refractivity contribution in [2.75, 3.05) is 6.54 Å². The van der Waals surface area contributed by atoms with Crippen LogP contribution in [0.25, 0.3) is 0 Å². The molecule has 0 bridgehead atoms. The van der Waals surface area contributed by atoms with E-state index in [4.69, 9.17) is 5.14 Å². The van der Waals surface area contributed by atoms with Crippen LogP contribution in [0.3, 0.4) is 0 Å². The van der Waals surface area contributed by atoms with Crippen molar-refractivity contribution in [2.24, 2.45) is 17.0 Å². The van der Waals surface area contributed by atoms with E-state index in [1.807, 2.05) is 0 Å². The first-order valence-electron chi connectivity index (χ1n) is 6.20. The van der Waals surface area contributed by atoms with Gasteiger partial charge in [-0.1, -0.05) is 13.0 Å². The molecule has 2 atom stereocenters. The van der Waals surface area contributed by atoms with Crippen molar-refractivity contribution in [1.82, 2.24) is 5.32 Å². The fourth-order valence-electron chi connectivity index (χ4n) is 2.06. The molecule has 0 aromatic heterocycles. The minimum atomic E-state index is -3.80. The molecular formula is C13H18N2O3S. The van der Waals surface area contributed by atoms with Gasteiger partial charge in [-0.15, -0.1) is 0 Å². The van der Waals surface area contributed by atoms with E-state index in [2.05, 4.69) is 12.2 Å². The molecule has 3 N–H and O–H groups in total. The number of nitrogens with one attached hydrogen (secondary N) is 1. The van der Waals surface area contributed by atoms with Crippen LogP contribution in [0.2, 0.25) is 0 Å². The third kappa shape index (κ3) is 3.33. The Bertz CT molecular complexity index is 610. The monoisotopic (exact) mass is 282 g/mol. The lowest BCUT2D eigenvalue weighted by molar-refractivity contribution is 0.0951. The molecule has 0 spiro atoms. The maximum absolute atomic E-state index is 11.9. The molecule has 19 heavy (non-hydrogen) atoms. The van der Waals surface area contributed by atoms with E-state index in [1.165, 1.54) is 6.07 Å². The molecule has 0 radical (unpaired) electrons. The Labute approximate surface area is 113 Å². The van der Waals surface area contributed by atoms with Gasteiger partial charge in [-0.05, 0) is 42.9 Å². The second-order valence-corrected chi connectivity index (χ2v) is 6.74. The molecule has 1 aromatic rings. The number of hydrogen-bond acceptors (Lipinski definition) is 3. The van der Waals surface area contributed by atoms with E-state index in [0.29, 0.717) is 29.5 Å². The lowest BCUT2D eigenvalue weighted by Gasteiger charge is -2.08. The van der Waals surface area contributed by atoms with Crippen LogP contribution in [-0.4, -0.2) is 20.9 Å². The molecule has 1 fully saturated rings. The van der Waals surface area contributed by atoms with Crippen molar-refractivity contribution in [3.05, 3.63) is 29.3 Å². The quantitative estimate of drug-likeness (QED) is 0.864. The summed E-state index contributed by atoms with van der Waals surface area (Å²) in [4.78, 5) is 11.9.